The number of esters is 1. The lowest BCUT2D eigenvalue weighted by Crippen LogP contribution is -2.50. The number of ether oxygens (including phenoxy) is 2. The molecular weight excluding hydrogens is 349 g/mol. The second-order valence-electron chi connectivity index (χ2n) is 9.36. The molecule has 0 saturated carbocycles. The van der Waals surface area contributed by atoms with Gasteiger partial charge in [0.05, 0.1) is 23.7 Å². The van der Waals surface area contributed by atoms with Crippen LogP contribution in [0.1, 0.15) is 61.8 Å². The van der Waals surface area contributed by atoms with Crippen LogP contribution < -0.4 is 0 Å². The van der Waals surface area contributed by atoms with Crippen LogP contribution in [0.25, 0.3) is 0 Å². The summed E-state index contributed by atoms with van der Waals surface area (Å²) in [7, 11) is -0.588. The molecule has 2 heterocycles. The first-order valence-electron chi connectivity index (χ1n) is 9.77. The van der Waals surface area contributed by atoms with Crippen molar-refractivity contribution in [1.82, 2.24) is 4.90 Å². The van der Waals surface area contributed by atoms with Crippen molar-refractivity contribution in [3.63, 3.8) is 0 Å². The lowest BCUT2D eigenvalue weighted by atomic mass is 9.62. The maximum absolute atomic E-state index is 12.5. The normalized spacial score (nSPS) is 27.4. The summed E-state index contributed by atoms with van der Waals surface area (Å²) in [5, 5.41) is 0. The molecule has 2 aliphatic heterocycles. The van der Waals surface area contributed by atoms with Gasteiger partial charge in [0.2, 0.25) is 0 Å². The molecule has 7 nitrogen and oxygen atoms in total. The maximum atomic E-state index is 12.5. The minimum Gasteiger partial charge on any atom is -0.466 e. The van der Waals surface area contributed by atoms with Crippen LogP contribution in [-0.2, 0) is 23.6 Å². The minimum atomic E-state index is -0.588. The first kappa shape index (κ1) is 22.0. The molecule has 2 fully saturated rings. The van der Waals surface area contributed by atoms with Crippen LogP contribution in [0.4, 0.5) is 4.79 Å². The molecular formula is C19H34BNO6. The zero-order valence-electron chi connectivity index (χ0n) is 18.0. The van der Waals surface area contributed by atoms with Crippen molar-refractivity contribution in [2.45, 2.75) is 84.4 Å². The summed E-state index contributed by atoms with van der Waals surface area (Å²) in [5.74, 6) is -0.953. The lowest BCUT2D eigenvalue weighted by Gasteiger charge is -2.38. The van der Waals surface area contributed by atoms with Gasteiger partial charge in [-0.3, -0.25) is 4.79 Å². The Balaban J connectivity index is 2.21. The van der Waals surface area contributed by atoms with E-state index < -0.39 is 23.9 Å². The van der Waals surface area contributed by atoms with E-state index in [1.165, 1.54) is 0 Å². The van der Waals surface area contributed by atoms with Crippen LogP contribution in [-0.4, -0.2) is 60.6 Å². The van der Waals surface area contributed by atoms with Gasteiger partial charge in [-0.15, -0.1) is 0 Å². The number of hydrogen-bond donors (Lipinski definition) is 0. The van der Waals surface area contributed by atoms with Crippen LogP contribution in [0.2, 0.25) is 5.82 Å². The zero-order valence-corrected chi connectivity index (χ0v) is 18.0. The Morgan fingerprint density at radius 2 is 1.70 bits per heavy atom. The largest absolute Gasteiger partial charge is 0.466 e. The third-order valence-electron chi connectivity index (χ3n) is 5.52. The molecule has 0 aromatic heterocycles. The molecule has 2 aliphatic rings. The molecule has 0 N–H and O–H groups in total. The molecule has 0 aromatic carbocycles. The lowest BCUT2D eigenvalue weighted by molar-refractivity contribution is -0.149. The van der Waals surface area contributed by atoms with Crippen molar-refractivity contribution in [1.29, 1.82) is 0 Å². The summed E-state index contributed by atoms with van der Waals surface area (Å²) in [6.07, 6.45) is 0.110. The molecule has 0 radical (unpaired) electrons. The minimum absolute atomic E-state index is 0.263. The van der Waals surface area contributed by atoms with Gasteiger partial charge in [-0.2, -0.15) is 0 Å². The van der Waals surface area contributed by atoms with E-state index in [1.54, 1.807) is 11.8 Å². The van der Waals surface area contributed by atoms with Crippen molar-refractivity contribution in [3.8, 4) is 0 Å². The molecule has 0 spiro atoms. The zero-order chi connectivity index (χ0) is 20.6. The van der Waals surface area contributed by atoms with Crippen molar-refractivity contribution >= 4 is 19.2 Å². The quantitative estimate of drug-likeness (QED) is 0.550. The summed E-state index contributed by atoms with van der Waals surface area (Å²) >= 11 is 0. The Hall–Kier alpha value is -1.28. The topological polar surface area (TPSA) is 74.3 Å². The van der Waals surface area contributed by atoms with Gasteiger partial charge in [0.25, 0.3) is 0 Å². The standard InChI is InChI=1S/C19H34BNO6/c1-9-24-15(22)13-10-11-21(16(23)25-17(2,3)4)12-14(13)20-26-18(5,6)19(7,8)27-20/h13-14H,9-12H2,1-8H3/t13-,14+/m1/s1. The smallest absolute Gasteiger partial charge is 0.463 e. The Morgan fingerprint density at radius 3 is 2.19 bits per heavy atom. The van der Waals surface area contributed by atoms with Crippen LogP contribution in [0.5, 0.6) is 0 Å². The van der Waals surface area contributed by atoms with Gasteiger partial charge in [-0.05, 0) is 61.8 Å². The number of carbonyl (C=O) groups excluding carboxylic acids is 2. The molecule has 0 unspecified atom stereocenters. The van der Waals surface area contributed by atoms with E-state index in [2.05, 4.69) is 0 Å². The number of hydrogen-bond acceptors (Lipinski definition) is 6. The first-order valence-corrected chi connectivity index (χ1v) is 9.77. The van der Waals surface area contributed by atoms with E-state index in [0.717, 1.165) is 0 Å². The molecule has 154 valence electrons. The fourth-order valence-electron chi connectivity index (χ4n) is 3.36. The van der Waals surface area contributed by atoms with Crippen molar-refractivity contribution in [2.75, 3.05) is 19.7 Å². The molecule has 0 bridgehead atoms. The number of amides is 1. The number of carbonyl (C=O) groups is 2. The highest BCUT2D eigenvalue weighted by atomic mass is 16.7. The van der Waals surface area contributed by atoms with Gasteiger partial charge >= 0.3 is 19.2 Å². The molecule has 0 aromatic rings. The third-order valence-corrected chi connectivity index (χ3v) is 5.52. The van der Waals surface area contributed by atoms with Crippen molar-refractivity contribution in [2.24, 2.45) is 5.92 Å². The Labute approximate surface area is 163 Å². The molecule has 2 rings (SSSR count). The molecule has 8 heteroatoms. The van der Waals surface area contributed by atoms with E-state index in [0.29, 0.717) is 26.1 Å². The Bertz CT molecular complexity index is 555. The average molecular weight is 383 g/mol. The van der Waals surface area contributed by atoms with E-state index in [-0.39, 0.29) is 23.8 Å². The summed E-state index contributed by atoms with van der Waals surface area (Å²) in [5.41, 5.74) is -1.59. The van der Waals surface area contributed by atoms with Gasteiger partial charge in [-0.1, -0.05) is 0 Å². The fourth-order valence-corrected chi connectivity index (χ4v) is 3.36. The SMILES string of the molecule is CCOC(=O)[C@@H]1CCN(C(=O)OC(C)(C)C)C[C@@H]1B1OC(C)(C)C(C)(C)O1. The summed E-state index contributed by atoms with van der Waals surface area (Å²) in [4.78, 5) is 26.7. The number of rotatable bonds is 3. The predicted octanol–water partition coefficient (Wildman–Crippen LogP) is 3.27. The Kier molecular flexibility index (Phi) is 6.22. The Morgan fingerprint density at radius 1 is 1.15 bits per heavy atom. The van der Waals surface area contributed by atoms with Gasteiger partial charge in [0.15, 0.2) is 0 Å². The third kappa shape index (κ3) is 4.96. The highest BCUT2D eigenvalue weighted by Gasteiger charge is 2.57. The van der Waals surface area contributed by atoms with Gasteiger partial charge in [0, 0.05) is 18.9 Å². The first-order chi connectivity index (χ1) is 12.3. The molecule has 1 amide bonds. The van der Waals surface area contributed by atoms with Gasteiger partial charge in [0.1, 0.15) is 5.60 Å². The predicted molar refractivity (Wildman–Crippen MR) is 102 cm³/mol. The number of likely N-dealkylation sites (tertiary alicyclic amines) is 1. The summed E-state index contributed by atoms with van der Waals surface area (Å²) in [6, 6.07) is 0. The van der Waals surface area contributed by atoms with Gasteiger partial charge in [-0.25, -0.2) is 4.79 Å². The van der Waals surface area contributed by atoms with E-state index >= 15 is 0 Å². The molecule has 27 heavy (non-hydrogen) atoms. The van der Waals surface area contributed by atoms with Crippen LogP contribution >= 0.6 is 0 Å². The van der Waals surface area contributed by atoms with Crippen LogP contribution in [0.3, 0.4) is 0 Å². The number of piperidine rings is 1. The molecule has 0 aliphatic carbocycles. The maximum Gasteiger partial charge on any atom is 0.463 e. The van der Waals surface area contributed by atoms with E-state index in [4.69, 9.17) is 18.8 Å². The second kappa shape index (κ2) is 7.62. The van der Waals surface area contributed by atoms with E-state index in [9.17, 15) is 9.59 Å². The molecule has 2 saturated heterocycles. The monoisotopic (exact) mass is 383 g/mol. The van der Waals surface area contributed by atoms with E-state index in [1.807, 2.05) is 48.5 Å². The molecule has 2 atom stereocenters. The van der Waals surface area contributed by atoms with Crippen LogP contribution in [0.15, 0.2) is 0 Å². The summed E-state index contributed by atoms with van der Waals surface area (Å²) < 4.78 is 23.1. The average Bonchev–Trinajstić information content (AvgIpc) is 2.73. The number of nitrogens with zero attached hydrogens (tertiary/aromatic N) is 1. The second-order valence-corrected chi connectivity index (χ2v) is 9.36. The van der Waals surface area contributed by atoms with Crippen LogP contribution in [0, 0.1) is 5.92 Å². The van der Waals surface area contributed by atoms with Crippen molar-refractivity contribution < 1.29 is 28.4 Å². The summed E-state index contributed by atoms with van der Waals surface area (Å²) in [6.45, 7) is 16.3. The van der Waals surface area contributed by atoms with Crippen molar-refractivity contribution in [3.05, 3.63) is 0 Å². The highest BCUT2D eigenvalue weighted by molar-refractivity contribution is 6.48. The fraction of sp³-hybridized carbons (Fsp3) is 0.895. The highest BCUT2D eigenvalue weighted by Crippen LogP contribution is 2.44. The van der Waals surface area contributed by atoms with Gasteiger partial charge < -0.3 is 23.7 Å².